The number of nitrogens with one attached hydrogen (secondary N) is 2. The van der Waals surface area contributed by atoms with E-state index in [1.165, 1.54) is 51.7 Å². The average molecular weight is 648 g/mol. The Labute approximate surface area is 270 Å². The van der Waals surface area contributed by atoms with E-state index in [2.05, 4.69) is 20.1 Å². The maximum absolute atomic E-state index is 13.2. The number of nitrogens with zero attached hydrogens (tertiary/aromatic N) is 2. The van der Waals surface area contributed by atoms with E-state index >= 15 is 0 Å². The number of amides is 1. The fourth-order valence-corrected chi connectivity index (χ4v) is 7.58. The quantitative estimate of drug-likeness (QED) is 0.218. The van der Waals surface area contributed by atoms with E-state index in [0.717, 1.165) is 65.5 Å². The highest BCUT2D eigenvalue weighted by Crippen LogP contribution is 2.33. The van der Waals surface area contributed by atoms with Gasteiger partial charge < -0.3 is 29.3 Å². The molecule has 0 radical (unpaired) electrons. The molecule has 2 atom stereocenters. The Bertz CT molecular complexity index is 1530. The number of ether oxygens (including phenoxy) is 1. The first-order valence-electron chi connectivity index (χ1n) is 15.3. The first kappa shape index (κ1) is 32.0. The lowest BCUT2D eigenvalue weighted by molar-refractivity contribution is 0.0351. The van der Waals surface area contributed by atoms with Gasteiger partial charge in [-0.1, -0.05) is 36.2 Å². The van der Waals surface area contributed by atoms with E-state index in [1.807, 2.05) is 42.5 Å². The Morgan fingerprint density at radius 1 is 0.977 bits per heavy atom. The first-order chi connectivity index (χ1) is 20.1. The van der Waals surface area contributed by atoms with Crippen LogP contribution in [0, 0.1) is 5.92 Å². The fraction of sp³-hybridized carbons (Fsp3) is 0.485. The molecular weight excluding hydrogens is 607 g/mol. The summed E-state index contributed by atoms with van der Waals surface area (Å²) in [4.78, 5) is 22.0. The van der Waals surface area contributed by atoms with E-state index in [4.69, 9.17) is 20.8 Å². The SMILES string of the molecule is Cl.Cl.O=C(NC1CCN(C[C@@H]2CCCN3CCCC[C@H]23)CC1)c1cc2c(OCc3coc4c(Cl)cccc34)cccc2[nH]1. The van der Waals surface area contributed by atoms with Crippen molar-refractivity contribution in [2.75, 3.05) is 32.7 Å². The van der Waals surface area contributed by atoms with Gasteiger partial charge in [0, 0.05) is 53.6 Å². The van der Waals surface area contributed by atoms with E-state index in [1.54, 1.807) is 6.26 Å². The van der Waals surface area contributed by atoms with E-state index in [9.17, 15) is 4.79 Å². The van der Waals surface area contributed by atoms with Gasteiger partial charge in [-0.3, -0.25) is 4.79 Å². The molecule has 2 N–H and O–H groups in total. The second-order valence-corrected chi connectivity index (χ2v) is 12.5. The number of likely N-dealkylation sites (tertiary alicyclic amines) is 1. The summed E-state index contributed by atoms with van der Waals surface area (Å²) in [5, 5.41) is 5.72. The highest BCUT2D eigenvalue weighted by molar-refractivity contribution is 6.34. The second kappa shape index (κ2) is 14.1. The first-order valence-corrected chi connectivity index (χ1v) is 15.7. The number of benzene rings is 2. The van der Waals surface area contributed by atoms with Crippen LogP contribution in [0.5, 0.6) is 5.75 Å². The van der Waals surface area contributed by atoms with E-state index in [0.29, 0.717) is 22.9 Å². The minimum absolute atomic E-state index is 0. The van der Waals surface area contributed by atoms with Crippen molar-refractivity contribution in [2.45, 2.75) is 63.6 Å². The minimum atomic E-state index is -0.0498. The molecule has 0 bridgehead atoms. The summed E-state index contributed by atoms with van der Waals surface area (Å²) in [6.07, 6.45) is 10.6. The summed E-state index contributed by atoms with van der Waals surface area (Å²) < 4.78 is 11.9. The van der Waals surface area contributed by atoms with Gasteiger partial charge in [-0.2, -0.15) is 0 Å². The molecule has 0 saturated carbocycles. The van der Waals surface area contributed by atoms with E-state index < -0.39 is 0 Å². The lowest BCUT2D eigenvalue weighted by atomic mass is 9.83. The van der Waals surface area contributed by atoms with Crippen molar-refractivity contribution in [2.24, 2.45) is 5.92 Å². The summed E-state index contributed by atoms with van der Waals surface area (Å²) in [6, 6.07) is 14.5. The molecule has 232 valence electrons. The Morgan fingerprint density at radius 3 is 2.65 bits per heavy atom. The summed E-state index contributed by atoms with van der Waals surface area (Å²) >= 11 is 6.26. The smallest absolute Gasteiger partial charge is 0.267 e. The summed E-state index contributed by atoms with van der Waals surface area (Å²) in [6.45, 7) is 6.28. The highest BCUT2D eigenvalue weighted by Gasteiger charge is 2.34. The predicted molar refractivity (Wildman–Crippen MR) is 177 cm³/mol. The number of furan rings is 1. The van der Waals surface area contributed by atoms with Gasteiger partial charge >= 0.3 is 0 Å². The lowest BCUT2D eigenvalue weighted by Crippen LogP contribution is -2.52. The minimum Gasteiger partial charge on any atom is -0.488 e. The number of fused-ring (bicyclic) bond motifs is 3. The molecule has 3 aliphatic heterocycles. The molecule has 43 heavy (non-hydrogen) atoms. The van der Waals surface area contributed by atoms with Crippen LogP contribution in [0.25, 0.3) is 21.9 Å². The zero-order chi connectivity index (χ0) is 27.8. The number of carbonyl (C=O) groups is 1. The van der Waals surface area contributed by atoms with Crippen LogP contribution in [0.3, 0.4) is 0 Å². The molecule has 2 aromatic heterocycles. The third-order valence-corrected chi connectivity index (χ3v) is 9.83. The van der Waals surface area contributed by atoms with Crippen LogP contribution < -0.4 is 10.1 Å². The molecular formula is C33H41Cl3N4O3. The largest absolute Gasteiger partial charge is 0.488 e. The Kier molecular flexibility index (Phi) is 10.5. The van der Waals surface area contributed by atoms with Crippen LogP contribution in [-0.2, 0) is 6.61 Å². The lowest BCUT2D eigenvalue weighted by Gasteiger charge is -2.46. The second-order valence-electron chi connectivity index (χ2n) is 12.1. The average Bonchev–Trinajstić information content (AvgIpc) is 3.63. The number of H-pyrrole nitrogens is 1. The fourth-order valence-electron chi connectivity index (χ4n) is 7.36. The zero-order valence-corrected chi connectivity index (χ0v) is 26.7. The summed E-state index contributed by atoms with van der Waals surface area (Å²) in [5.74, 6) is 1.48. The molecule has 3 aliphatic rings. The van der Waals surface area contributed by atoms with Crippen molar-refractivity contribution in [1.29, 1.82) is 0 Å². The van der Waals surface area contributed by atoms with Crippen molar-refractivity contribution in [3.05, 3.63) is 65.0 Å². The number of aromatic nitrogens is 1. The number of hydrogen-bond donors (Lipinski definition) is 2. The van der Waals surface area contributed by atoms with Crippen molar-refractivity contribution in [1.82, 2.24) is 20.1 Å². The number of aromatic amines is 1. The van der Waals surface area contributed by atoms with Crippen LogP contribution in [-0.4, -0.2) is 65.5 Å². The summed E-state index contributed by atoms with van der Waals surface area (Å²) in [5.41, 5.74) is 3.05. The zero-order valence-electron chi connectivity index (χ0n) is 24.4. The summed E-state index contributed by atoms with van der Waals surface area (Å²) in [7, 11) is 0. The normalized spacial score (nSPS) is 21.6. The van der Waals surface area contributed by atoms with Gasteiger partial charge in [0.15, 0.2) is 5.58 Å². The molecule has 1 amide bonds. The van der Waals surface area contributed by atoms with Gasteiger partial charge in [0.05, 0.1) is 11.3 Å². The van der Waals surface area contributed by atoms with Gasteiger partial charge in [-0.25, -0.2) is 0 Å². The molecule has 4 aromatic rings. The Hall–Kier alpha value is -2.42. The van der Waals surface area contributed by atoms with Gasteiger partial charge in [0.1, 0.15) is 18.1 Å². The molecule has 5 heterocycles. The predicted octanol–water partition coefficient (Wildman–Crippen LogP) is 7.45. The molecule has 2 aromatic carbocycles. The molecule has 3 fully saturated rings. The highest BCUT2D eigenvalue weighted by atomic mass is 35.5. The standard InChI is InChI=1S/C33H39ClN4O3.2ClH/c34-27-8-3-7-25-23(21-41-32(25)27)20-40-31-11-4-9-28-26(31)18-29(36-28)33(39)35-24-12-16-37(17-13-24)19-22-6-5-15-38-14-2-1-10-30(22)38;;/h3-4,7-9,11,18,21-22,24,30,36H,1-2,5-6,10,12-17,19-20H2,(H,35,39);2*1H/t22-,30+;;/m0../s1. The molecule has 0 unspecified atom stereocenters. The van der Waals surface area contributed by atoms with Crippen LogP contribution in [0.15, 0.2) is 53.1 Å². The van der Waals surface area contributed by atoms with Crippen molar-refractivity contribution < 1.29 is 13.9 Å². The van der Waals surface area contributed by atoms with E-state index in [-0.39, 0.29) is 36.8 Å². The molecule has 3 saturated heterocycles. The molecule has 0 aliphatic carbocycles. The van der Waals surface area contributed by atoms with Crippen molar-refractivity contribution in [3.63, 3.8) is 0 Å². The van der Waals surface area contributed by atoms with Gasteiger partial charge in [-0.05, 0) is 81.8 Å². The molecule has 10 heteroatoms. The van der Waals surface area contributed by atoms with Crippen LogP contribution >= 0.6 is 36.4 Å². The van der Waals surface area contributed by atoms with Crippen molar-refractivity contribution in [3.8, 4) is 5.75 Å². The van der Waals surface area contributed by atoms with Crippen LogP contribution in [0.2, 0.25) is 5.02 Å². The van der Waals surface area contributed by atoms with Crippen LogP contribution in [0.1, 0.15) is 61.0 Å². The number of piperidine rings is 3. The number of para-hydroxylation sites is 1. The van der Waals surface area contributed by atoms with Crippen LogP contribution in [0.4, 0.5) is 0 Å². The van der Waals surface area contributed by atoms with Gasteiger partial charge in [0.2, 0.25) is 0 Å². The van der Waals surface area contributed by atoms with Crippen molar-refractivity contribution >= 4 is 64.2 Å². The third-order valence-electron chi connectivity index (χ3n) is 9.53. The maximum atomic E-state index is 13.2. The molecule has 7 nitrogen and oxygen atoms in total. The molecule has 7 rings (SSSR count). The van der Waals surface area contributed by atoms with Gasteiger partial charge in [0.25, 0.3) is 5.91 Å². The maximum Gasteiger partial charge on any atom is 0.267 e. The topological polar surface area (TPSA) is 73.7 Å². The third kappa shape index (κ3) is 6.81. The number of rotatable bonds is 7. The number of hydrogen-bond acceptors (Lipinski definition) is 5. The molecule has 0 spiro atoms. The van der Waals surface area contributed by atoms with Gasteiger partial charge in [-0.15, -0.1) is 24.8 Å². The monoisotopic (exact) mass is 646 g/mol. The Balaban J connectivity index is 0.00000184. The Morgan fingerprint density at radius 2 is 1.79 bits per heavy atom. The number of halogens is 3. The number of carbonyl (C=O) groups excluding carboxylic acids is 1.